The molecule has 0 bridgehead atoms. The molecule has 2 amide bonds. The molecule has 1 fully saturated rings. The van der Waals surface area contributed by atoms with Gasteiger partial charge in [-0.1, -0.05) is 12.1 Å². The van der Waals surface area contributed by atoms with Crippen LogP contribution in [0.25, 0.3) is 0 Å². The highest BCUT2D eigenvalue weighted by atomic mass is 32.1. The summed E-state index contributed by atoms with van der Waals surface area (Å²) in [5, 5.41) is 6.33. The number of amides is 2. The summed E-state index contributed by atoms with van der Waals surface area (Å²) < 4.78 is 10.5. The van der Waals surface area contributed by atoms with Gasteiger partial charge in [-0.25, -0.2) is 0 Å². The fraction of sp³-hybridized carbons (Fsp3) is 0.273. The van der Waals surface area contributed by atoms with Gasteiger partial charge >= 0.3 is 0 Å². The Balaban J connectivity index is 1.34. The average Bonchev–Trinajstić information content (AvgIpc) is 3.47. The predicted octanol–water partition coefficient (Wildman–Crippen LogP) is 3.92. The van der Waals surface area contributed by atoms with Crippen LogP contribution in [-0.2, 0) is 4.74 Å². The SMILES string of the molecule is CC(NC(=O)c1ccc(NC(=O)c2ccco2)s1)c1ccc(N2CCOCC2)cc1. The van der Waals surface area contributed by atoms with Crippen molar-refractivity contribution in [3.05, 3.63) is 71.0 Å². The molecule has 0 aliphatic carbocycles. The number of anilines is 2. The summed E-state index contributed by atoms with van der Waals surface area (Å²) in [6.45, 7) is 5.23. The van der Waals surface area contributed by atoms with Crippen molar-refractivity contribution < 1.29 is 18.7 Å². The first-order valence-electron chi connectivity index (χ1n) is 9.78. The molecule has 156 valence electrons. The smallest absolute Gasteiger partial charge is 0.291 e. The van der Waals surface area contributed by atoms with E-state index >= 15 is 0 Å². The van der Waals surface area contributed by atoms with Crippen LogP contribution < -0.4 is 15.5 Å². The number of hydrogen-bond acceptors (Lipinski definition) is 6. The molecule has 8 heteroatoms. The van der Waals surface area contributed by atoms with E-state index in [0.717, 1.165) is 37.6 Å². The van der Waals surface area contributed by atoms with Crippen molar-refractivity contribution in [1.82, 2.24) is 5.32 Å². The Kier molecular flexibility index (Phi) is 6.15. The van der Waals surface area contributed by atoms with Gasteiger partial charge in [-0.05, 0) is 48.9 Å². The molecule has 1 aliphatic heterocycles. The molecular weight excluding hydrogens is 402 g/mol. The lowest BCUT2D eigenvalue weighted by atomic mass is 10.1. The van der Waals surface area contributed by atoms with Gasteiger partial charge in [-0.3, -0.25) is 9.59 Å². The third-order valence-corrected chi connectivity index (χ3v) is 5.93. The summed E-state index contributed by atoms with van der Waals surface area (Å²) >= 11 is 1.22. The number of ether oxygens (including phenoxy) is 1. The molecule has 2 aromatic heterocycles. The number of benzene rings is 1. The topological polar surface area (TPSA) is 83.8 Å². The Hall–Kier alpha value is -3.10. The first-order valence-corrected chi connectivity index (χ1v) is 10.6. The number of thiophene rings is 1. The largest absolute Gasteiger partial charge is 0.459 e. The second-order valence-corrected chi connectivity index (χ2v) is 8.07. The Morgan fingerprint density at radius 3 is 2.50 bits per heavy atom. The number of hydrogen-bond donors (Lipinski definition) is 2. The summed E-state index contributed by atoms with van der Waals surface area (Å²) in [6, 6.07) is 14.7. The van der Waals surface area contributed by atoms with E-state index in [-0.39, 0.29) is 23.6 Å². The molecule has 2 N–H and O–H groups in total. The van der Waals surface area contributed by atoms with Gasteiger partial charge in [0.15, 0.2) is 5.76 Å². The van der Waals surface area contributed by atoms with Gasteiger partial charge in [0.05, 0.1) is 35.4 Å². The van der Waals surface area contributed by atoms with Crippen LogP contribution in [0.1, 0.15) is 38.8 Å². The van der Waals surface area contributed by atoms with Crippen LogP contribution in [0.3, 0.4) is 0 Å². The van der Waals surface area contributed by atoms with Gasteiger partial charge in [0, 0.05) is 18.8 Å². The van der Waals surface area contributed by atoms with Gasteiger partial charge in [-0.2, -0.15) is 0 Å². The van der Waals surface area contributed by atoms with Crippen molar-refractivity contribution in [2.45, 2.75) is 13.0 Å². The molecule has 1 atom stereocenters. The van der Waals surface area contributed by atoms with Crippen LogP contribution >= 0.6 is 11.3 Å². The molecule has 1 saturated heterocycles. The van der Waals surface area contributed by atoms with Gasteiger partial charge in [0.2, 0.25) is 0 Å². The van der Waals surface area contributed by atoms with E-state index in [1.165, 1.54) is 17.6 Å². The second-order valence-electron chi connectivity index (χ2n) is 6.98. The fourth-order valence-electron chi connectivity index (χ4n) is 3.25. The molecule has 1 aliphatic rings. The molecule has 0 saturated carbocycles. The summed E-state index contributed by atoms with van der Waals surface area (Å²) in [4.78, 5) is 27.5. The van der Waals surface area contributed by atoms with Gasteiger partial charge in [0.25, 0.3) is 11.8 Å². The molecule has 1 unspecified atom stereocenters. The van der Waals surface area contributed by atoms with Crippen molar-refractivity contribution in [2.75, 3.05) is 36.5 Å². The molecule has 4 rings (SSSR count). The lowest BCUT2D eigenvalue weighted by Crippen LogP contribution is -2.36. The first kappa shape index (κ1) is 20.2. The number of nitrogens with one attached hydrogen (secondary N) is 2. The van der Waals surface area contributed by atoms with Gasteiger partial charge in [0.1, 0.15) is 0 Å². The molecule has 0 spiro atoms. The van der Waals surface area contributed by atoms with Crippen LogP contribution in [0.2, 0.25) is 0 Å². The number of carbonyl (C=O) groups excluding carboxylic acids is 2. The molecule has 3 heterocycles. The number of furan rings is 1. The lowest BCUT2D eigenvalue weighted by Gasteiger charge is -2.29. The fourth-order valence-corrected chi connectivity index (χ4v) is 4.06. The number of morpholine rings is 1. The van der Waals surface area contributed by atoms with Crippen molar-refractivity contribution >= 4 is 33.8 Å². The zero-order chi connectivity index (χ0) is 20.9. The molecular formula is C22H23N3O4S. The Morgan fingerprint density at radius 1 is 1.03 bits per heavy atom. The van der Waals surface area contributed by atoms with Crippen molar-refractivity contribution in [2.24, 2.45) is 0 Å². The van der Waals surface area contributed by atoms with E-state index < -0.39 is 0 Å². The minimum Gasteiger partial charge on any atom is -0.459 e. The minimum absolute atomic E-state index is 0.139. The van der Waals surface area contributed by atoms with E-state index in [1.807, 2.05) is 19.1 Å². The van der Waals surface area contributed by atoms with E-state index in [2.05, 4.69) is 27.7 Å². The lowest BCUT2D eigenvalue weighted by molar-refractivity contribution is 0.0942. The quantitative estimate of drug-likeness (QED) is 0.625. The molecule has 30 heavy (non-hydrogen) atoms. The maximum atomic E-state index is 12.6. The van der Waals surface area contributed by atoms with E-state index in [1.54, 1.807) is 24.3 Å². The number of nitrogens with zero attached hydrogens (tertiary/aromatic N) is 1. The van der Waals surface area contributed by atoms with Crippen molar-refractivity contribution in [1.29, 1.82) is 0 Å². The van der Waals surface area contributed by atoms with Crippen molar-refractivity contribution in [3.8, 4) is 0 Å². The zero-order valence-electron chi connectivity index (χ0n) is 16.6. The van der Waals surface area contributed by atoms with Crippen molar-refractivity contribution in [3.63, 3.8) is 0 Å². The van der Waals surface area contributed by atoms with Crippen LogP contribution in [-0.4, -0.2) is 38.1 Å². The molecule has 3 aromatic rings. The van der Waals surface area contributed by atoms with E-state index in [0.29, 0.717) is 9.88 Å². The first-order chi connectivity index (χ1) is 14.6. The Labute approximate surface area is 178 Å². The average molecular weight is 426 g/mol. The third kappa shape index (κ3) is 4.72. The van der Waals surface area contributed by atoms with E-state index in [9.17, 15) is 9.59 Å². The Morgan fingerprint density at radius 2 is 1.80 bits per heavy atom. The highest BCUT2D eigenvalue weighted by Crippen LogP contribution is 2.24. The maximum absolute atomic E-state index is 12.6. The number of carbonyl (C=O) groups is 2. The van der Waals surface area contributed by atoms with Crippen LogP contribution in [0.15, 0.2) is 59.2 Å². The Bertz CT molecular complexity index is 992. The second kappa shape index (κ2) is 9.15. The standard InChI is InChI=1S/C22H23N3O4S/c1-15(16-4-6-17(7-5-16)25-10-13-28-14-11-25)23-22(27)19-8-9-20(30-19)24-21(26)18-3-2-12-29-18/h2-9,12,15H,10-11,13-14H2,1H3,(H,23,27)(H,24,26). The van der Waals surface area contributed by atoms with Crippen LogP contribution in [0.4, 0.5) is 10.7 Å². The van der Waals surface area contributed by atoms with Gasteiger partial charge < -0.3 is 24.7 Å². The van der Waals surface area contributed by atoms with Gasteiger partial charge in [-0.15, -0.1) is 11.3 Å². The normalized spacial score (nSPS) is 14.9. The van der Waals surface area contributed by atoms with Crippen LogP contribution in [0.5, 0.6) is 0 Å². The molecule has 1 aromatic carbocycles. The summed E-state index contributed by atoms with van der Waals surface area (Å²) in [5.74, 6) is -0.297. The highest BCUT2D eigenvalue weighted by molar-refractivity contribution is 7.18. The van der Waals surface area contributed by atoms with E-state index in [4.69, 9.17) is 9.15 Å². The summed E-state index contributed by atoms with van der Waals surface area (Å²) in [5.41, 5.74) is 2.19. The summed E-state index contributed by atoms with van der Waals surface area (Å²) in [7, 11) is 0. The monoisotopic (exact) mass is 425 g/mol. The predicted molar refractivity (Wildman–Crippen MR) is 116 cm³/mol. The summed E-state index contributed by atoms with van der Waals surface area (Å²) in [6.07, 6.45) is 1.44. The maximum Gasteiger partial charge on any atom is 0.291 e. The highest BCUT2D eigenvalue weighted by Gasteiger charge is 2.16. The number of rotatable bonds is 6. The molecule has 0 radical (unpaired) electrons. The minimum atomic E-state index is -0.345. The zero-order valence-corrected chi connectivity index (χ0v) is 17.4. The third-order valence-electron chi connectivity index (χ3n) is 4.93. The molecule has 7 nitrogen and oxygen atoms in total. The van der Waals surface area contributed by atoms with Crippen LogP contribution in [0, 0.1) is 0 Å².